The number of hydrogen-bond acceptors (Lipinski definition) is 2. The third-order valence-corrected chi connectivity index (χ3v) is 5.37. The highest BCUT2D eigenvalue weighted by molar-refractivity contribution is 6.30. The van der Waals surface area contributed by atoms with Gasteiger partial charge in [0.2, 0.25) is 5.91 Å². The molecular formula is C18H23ClN2O2. The number of fused-ring (bicyclic) bond motifs is 1. The second-order valence-electron chi connectivity index (χ2n) is 6.58. The second kappa shape index (κ2) is 6.91. The maximum atomic E-state index is 12.9. The molecule has 2 atom stereocenters. The molecule has 0 aromatic heterocycles. The lowest BCUT2D eigenvalue weighted by molar-refractivity contribution is -0.131. The van der Waals surface area contributed by atoms with E-state index < -0.39 is 0 Å². The van der Waals surface area contributed by atoms with Crippen molar-refractivity contribution < 1.29 is 9.59 Å². The molecule has 1 aromatic rings. The number of amides is 2. The molecule has 0 saturated carbocycles. The molecule has 2 aliphatic heterocycles. The number of benzene rings is 1. The molecule has 124 valence electrons. The summed E-state index contributed by atoms with van der Waals surface area (Å²) in [7, 11) is 0. The first kappa shape index (κ1) is 16.3. The van der Waals surface area contributed by atoms with E-state index >= 15 is 0 Å². The Kier molecular flexibility index (Phi) is 4.90. The van der Waals surface area contributed by atoms with E-state index in [-0.39, 0.29) is 17.9 Å². The topological polar surface area (TPSA) is 40.6 Å². The van der Waals surface area contributed by atoms with Gasteiger partial charge in [-0.05, 0) is 49.4 Å². The fourth-order valence-corrected chi connectivity index (χ4v) is 3.99. The van der Waals surface area contributed by atoms with Crippen molar-refractivity contribution in [2.24, 2.45) is 5.92 Å². The number of carbonyl (C=O) groups excluding carboxylic acids is 2. The summed E-state index contributed by atoms with van der Waals surface area (Å²) in [6, 6.07) is 7.38. The van der Waals surface area contributed by atoms with Crippen molar-refractivity contribution in [3.05, 3.63) is 34.9 Å². The standard InChI is InChI=1S/C18H23ClN2O2/c1-13(22)20-11-9-17-15(12-20)4-2-3-10-21(17)18(23)14-5-7-16(19)8-6-14/h5-8,15,17H,2-4,9-12H2,1H3/t15-,17+/m0/s1. The highest BCUT2D eigenvalue weighted by Gasteiger charge is 2.37. The van der Waals surface area contributed by atoms with Crippen molar-refractivity contribution in [3.8, 4) is 0 Å². The molecular weight excluding hydrogens is 312 g/mol. The molecule has 0 radical (unpaired) electrons. The zero-order valence-corrected chi connectivity index (χ0v) is 14.3. The summed E-state index contributed by atoms with van der Waals surface area (Å²) in [5.74, 6) is 0.629. The van der Waals surface area contributed by atoms with Crippen molar-refractivity contribution in [1.82, 2.24) is 9.80 Å². The Labute approximate surface area is 142 Å². The number of piperidine rings is 1. The van der Waals surface area contributed by atoms with Crippen LogP contribution in [0.5, 0.6) is 0 Å². The average molecular weight is 335 g/mol. The third kappa shape index (κ3) is 3.52. The molecule has 2 heterocycles. The van der Waals surface area contributed by atoms with Gasteiger partial charge < -0.3 is 9.80 Å². The first-order valence-electron chi connectivity index (χ1n) is 8.38. The summed E-state index contributed by atoms with van der Waals surface area (Å²) < 4.78 is 0. The Morgan fingerprint density at radius 2 is 1.83 bits per heavy atom. The van der Waals surface area contributed by atoms with E-state index in [4.69, 9.17) is 11.6 Å². The van der Waals surface area contributed by atoms with Crippen LogP contribution in [0.4, 0.5) is 0 Å². The SMILES string of the molecule is CC(=O)N1CC[C@@H]2[C@@H](CCCCN2C(=O)c2ccc(Cl)cc2)C1. The van der Waals surface area contributed by atoms with Gasteiger partial charge in [-0.25, -0.2) is 0 Å². The Morgan fingerprint density at radius 3 is 2.52 bits per heavy atom. The van der Waals surface area contributed by atoms with Crippen LogP contribution in [0.25, 0.3) is 0 Å². The highest BCUT2D eigenvalue weighted by atomic mass is 35.5. The van der Waals surface area contributed by atoms with Crippen LogP contribution >= 0.6 is 11.6 Å². The molecule has 0 spiro atoms. The van der Waals surface area contributed by atoms with Crippen LogP contribution in [0, 0.1) is 5.92 Å². The van der Waals surface area contributed by atoms with Crippen molar-refractivity contribution in [2.75, 3.05) is 19.6 Å². The Morgan fingerprint density at radius 1 is 1.09 bits per heavy atom. The van der Waals surface area contributed by atoms with Crippen LogP contribution in [-0.2, 0) is 4.79 Å². The second-order valence-corrected chi connectivity index (χ2v) is 7.02. The summed E-state index contributed by atoms with van der Waals surface area (Å²) in [4.78, 5) is 28.6. The minimum Gasteiger partial charge on any atom is -0.343 e. The predicted octanol–water partition coefficient (Wildman–Crippen LogP) is 3.20. The van der Waals surface area contributed by atoms with Crippen LogP contribution in [0.3, 0.4) is 0 Å². The smallest absolute Gasteiger partial charge is 0.254 e. The van der Waals surface area contributed by atoms with Crippen LogP contribution in [0.1, 0.15) is 43.0 Å². The maximum Gasteiger partial charge on any atom is 0.254 e. The van der Waals surface area contributed by atoms with Gasteiger partial charge in [-0.15, -0.1) is 0 Å². The van der Waals surface area contributed by atoms with Gasteiger partial charge in [-0.2, -0.15) is 0 Å². The molecule has 2 fully saturated rings. The molecule has 5 heteroatoms. The first-order chi connectivity index (χ1) is 11.1. The lowest BCUT2D eigenvalue weighted by atomic mass is 9.88. The summed E-state index contributed by atoms with van der Waals surface area (Å²) in [5, 5.41) is 0.644. The molecule has 2 saturated heterocycles. The fraction of sp³-hybridized carbons (Fsp3) is 0.556. The van der Waals surface area contributed by atoms with Gasteiger partial charge in [0, 0.05) is 43.2 Å². The number of halogens is 1. The average Bonchev–Trinajstić information content (AvgIpc) is 2.76. The normalized spacial score (nSPS) is 24.8. The number of nitrogens with zero attached hydrogens (tertiary/aromatic N) is 2. The monoisotopic (exact) mass is 334 g/mol. The third-order valence-electron chi connectivity index (χ3n) is 5.12. The van der Waals surface area contributed by atoms with E-state index in [9.17, 15) is 9.59 Å². The Bertz CT molecular complexity index is 587. The van der Waals surface area contributed by atoms with E-state index in [1.807, 2.05) is 9.80 Å². The molecule has 1 aromatic carbocycles. The van der Waals surface area contributed by atoms with E-state index in [0.29, 0.717) is 16.5 Å². The van der Waals surface area contributed by atoms with Crippen LogP contribution < -0.4 is 0 Å². The van der Waals surface area contributed by atoms with Gasteiger partial charge in [0.15, 0.2) is 0 Å². The predicted molar refractivity (Wildman–Crippen MR) is 90.5 cm³/mol. The van der Waals surface area contributed by atoms with Crippen LogP contribution in [-0.4, -0.2) is 47.3 Å². The number of likely N-dealkylation sites (tertiary alicyclic amines) is 2. The molecule has 0 N–H and O–H groups in total. The lowest BCUT2D eigenvalue weighted by Gasteiger charge is -2.42. The van der Waals surface area contributed by atoms with Crippen molar-refractivity contribution in [3.63, 3.8) is 0 Å². The minimum atomic E-state index is 0.0924. The number of rotatable bonds is 1. The molecule has 2 amide bonds. The van der Waals surface area contributed by atoms with E-state index in [2.05, 4.69) is 0 Å². The largest absolute Gasteiger partial charge is 0.343 e. The van der Waals surface area contributed by atoms with Crippen molar-refractivity contribution in [2.45, 2.75) is 38.6 Å². The van der Waals surface area contributed by atoms with Gasteiger partial charge in [0.05, 0.1) is 0 Å². The zero-order chi connectivity index (χ0) is 16.4. The highest BCUT2D eigenvalue weighted by Crippen LogP contribution is 2.31. The zero-order valence-electron chi connectivity index (χ0n) is 13.5. The molecule has 0 bridgehead atoms. The summed E-state index contributed by atoms with van der Waals surface area (Å²) in [5.41, 5.74) is 0.698. The molecule has 2 aliphatic rings. The van der Waals surface area contributed by atoms with Crippen molar-refractivity contribution >= 4 is 23.4 Å². The first-order valence-corrected chi connectivity index (χ1v) is 8.76. The van der Waals surface area contributed by atoms with Gasteiger partial charge in [0.25, 0.3) is 5.91 Å². The lowest BCUT2D eigenvalue weighted by Crippen LogP contribution is -2.53. The van der Waals surface area contributed by atoms with Crippen molar-refractivity contribution in [1.29, 1.82) is 0 Å². The van der Waals surface area contributed by atoms with Gasteiger partial charge in [0.1, 0.15) is 0 Å². The van der Waals surface area contributed by atoms with Gasteiger partial charge >= 0.3 is 0 Å². The van der Waals surface area contributed by atoms with Crippen LogP contribution in [0.2, 0.25) is 5.02 Å². The number of hydrogen-bond donors (Lipinski definition) is 0. The maximum absolute atomic E-state index is 12.9. The molecule has 23 heavy (non-hydrogen) atoms. The number of carbonyl (C=O) groups is 2. The molecule has 4 nitrogen and oxygen atoms in total. The van der Waals surface area contributed by atoms with Gasteiger partial charge in [-0.3, -0.25) is 9.59 Å². The summed E-state index contributed by atoms with van der Waals surface area (Å²) >= 11 is 5.92. The fourth-order valence-electron chi connectivity index (χ4n) is 3.86. The molecule has 0 unspecified atom stereocenters. The van der Waals surface area contributed by atoms with E-state index in [1.165, 1.54) is 0 Å². The summed E-state index contributed by atoms with van der Waals surface area (Å²) in [6.07, 6.45) is 4.13. The molecule has 0 aliphatic carbocycles. The molecule has 3 rings (SSSR count). The summed E-state index contributed by atoms with van der Waals surface area (Å²) in [6.45, 7) is 3.97. The van der Waals surface area contributed by atoms with Gasteiger partial charge in [-0.1, -0.05) is 18.0 Å². The van der Waals surface area contributed by atoms with E-state index in [1.54, 1.807) is 31.2 Å². The Balaban J connectivity index is 1.79. The minimum absolute atomic E-state index is 0.0924. The Hall–Kier alpha value is -1.55. The van der Waals surface area contributed by atoms with Crippen LogP contribution in [0.15, 0.2) is 24.3 Å². The van der Waals surface area contributed by atoms with E-state index in [0.717, 1.165) is 45.3 Å². The quantitative estimate of drug-likeness (QED) is 0.791.